The standard InChI is InChI=1S/C28H32O6/c29-20-28(21-30)27(33-18-24-14-8-3-9-15-24)26(32-17-23-12-6-2-7-13-23)25(34-28)19-31-16-22-10-4-1-5-11-22/h1-15,25-27,29-30H,16-21H2/t25?,26-,27-/m1/s1. The van der Waals surface area contributed by atoms with Gasteiger partial charge in [-0.25, -0.2) is 0 Å². The lowest BCUT2D eigenvalue weighted by molar-refractivity contribution is -0.160. The van der Waals surface area contributed by atoms with Crippen LogP contribution in [0.2, 0.25) is 0 Å². The summed E-state index contributed by atoms with van der Waals surface area (Å²) in [6, 6.07) is 29.5. The van der Waals surface area contributed by atoms with E-state index in [9.17, 15) is 10.2 Å². The third-order valence-electron chi connectivity index (χ3n) is 6.06. The molecular weight excluding hydrogens is 432 g/mol. The molecule has 0 amide bonds. The quantitative estimate of drug-likeness (QED) is 0.427. The Hall–Kier alpha value is -2.58. The summed E-state index contributed by atoms with van der Waals surface area (Å²) in [5, 5.41) is 20.5. The summed E-state index contributed by atoms with van der Waals surface area (Å²) in [6.07, 6.45) is -1.75. The Morgan fingerprint density at radius 3 is 1.62 bits per heavy atom. The van der Waals surface area contributed by atoms with Crippen molar-refractivity contribution in [3.63, 3.8) is 0 Å². The average Bonchev–Trinajstić information content (AvgIpc) is 3.20. The molecule has 1 aliphatic rings. The Kier molecular flexibility index (Phi) is 8.82. The van der Waals surface area contributed by atoms with Gasteiger partial charge in [0.15, 0.2) is 0 Å². The second-order valence-corrected chi connectivity index (χ2v) is 8.52. The van der Waals surface area contributed by atoms with Crippen LogP contribution in [0.15, 0.2) is 91.0 Å². The molecule has 1 saturated heterocycles. The zero-order valence-electron chi connectivity index (χ0n) is 19.2. The molecule has 0 spiro atoms. The zero-order valence-corrected chi connectivity index (χ0v) is 19.2. The van der Waals surface area contributed by atoms with E-state index in [0.717, 1.165) is 16.7 Å². The van der Waals surface area contributed by atoms with Gasteiger partial charge in [-0.15, -0.1) is 0 Å². The lowest BCUT2D eigenvalue weighted by Gasteiger charge is -2.32. The molecule has 0 aromatic heterocycles. The van der Waals surface area contributed by atoms with E-state index in [4.69, 9.17) is 18.9 Å². The van der Waals surface area contributed by atoms with Crippen LogP contribution in [0.1, 0.15) is 16.7 Å². The molecule has 34 heavy (non-hydrogen) atoms. The maximum absolute atomic E-state index is 10.2. The molecule has 180 valence electrons. The molecule has 1 fully saturated rings. The van der Waals surface area contributed by atoms with Crippen molar-refractivity contribution in [2.24, 2.45) is 0 Å². The monoisotopic (exact) mass is 464 g/mol. The molecule has 0 aliphatic carbocycles. The van der Waals surface area contributed by atoms with Gasteiger partial charge in [0.25, 0.3) is 0 Å². The van der Waals surface area contributed by atoms with E-state index in [2.05, 4.69) is 0 Å². The van der Waals surface area contributed by atoms with Crippen LogP contribution in [0.25, 0.3) is 0 Å². The summed E-state index contributed by atoms with van der Waals surface area (Å²) >= 11 is 0. The highest BCUT2D eigenvalue weighted by atomic mass is 16.6. The molecule has 6 nitrogen and oxygen atoms in total. The van der Waals surface area contributed by atoms with Gasteiger partial charge in [-0.3, -0.25) is 0 Å². The van der Waals surface area contributed by atoms with Crippen molar-refractivity contribution in [3.05, 3.63) is 108 Å². The molecule has 0 bridgehead atoms. The van der Waals surface area contributed by atoms with Gasteiger partial charge in [0.05, 0.1) is 39.6 Å². The Morgan fingerprint density at radius 1 is 0.647 bits per heavy atom. The molecule has 1 unspecified atom stereocenters. The predicted octanol–water partition coefficient (Wildman–Crippen LogP) is 3.50. The van der Waals surface area contributed by atoms with Gasteiger partial charge in [0, 0.05) is 0 Å². The van der Waals surface area contributed by atoms with Crippen molar-refractivity contribution in [2.75, 3.05) is 19.8 Å². The van der Waals surface area contributed by atoms with Crippen molar-refractivity contribution < 1.29 is 29.2 Å². The molecule has 6 heteroatoms. The minimum Gasteiger partial charge on any atom is -0.393 e. The first kappa shape index (κ1) is 24.5. The van der Waals surface area contributed by atoms with Crippen LogP contribution >= 0.6 is 0 Å². The summed E-state index contributed by atoms with van der Waals surface area (Å²) in [6.45, 7) is 0.516. The van der Waals surface area contributed by atoms with E-state index in [0.29, 0.717) is 19.8 Å². The summed E-state index contributed by atoms with van der Waals surface area (Å²) in [4.78, 5) is 0. The zero-order chi connectivity index (χ0) is 23.6. The number of rotatable bonds is 12. The molecule has 2 N–H and O–H groups in total. The van der Waals surface area contributed by atoms with E-state index in [1.165, 1.54) is 0 Å². The first-order chi connectivity index (χ1) is 16.7. The smallest absolute Gasteiger partial charge is 0.143 e. The normalized spacial score (nSPS) is 21.5. The fourth-order valence-corrected chi connectivity index (χ4v) is 4.20. The van der Waals surface area contributed by atoms with Crippen molar-refractivity contribution in [2.45, 2.75) is 43.7 Å². The summed E-state index contributed by atoms with van der Waals surface area (Å²) in [5.41, 5.74) is 1.75. The van der Waals surface area contributed by atoms with Crippen molar-refractivity contribution in [3.8, 4) is 0 Å². The minimum absolute atomic E-state index is 0.237. The first-order valence-electron chi connectivity index (χ1n) is 11.6. The number of hydrogen-bond acceptors (Lipinski definition) is 6. The summed E-state index contributed by atoms with van der Waals surface area (Å²) in [5.74, 6) is 0. The van der Waals surface area contributed by atoms with Gasteiger partial charge in [-0.2, -0.15) is 0 Å². The van der Waals surface area contributed by atoms with E-state index < -0.39 is 37.1 Å². The largest absolute Gasteiger partial charge is 0.393 e. The number of benzene rings is 3. The second kappa shape index (κ2) is 12.2. The molecular formula is C28H32O6. The predicted molar refractivity (Wildman–Crippen MR) is 128 cm³/mol. The van der Waals surface area contributed by atoms with Crippen LogP contribution in [-0.4, -0.2) is 53.9 Å². The molecule has 3 atom stereocenters. The number of ether oxygens (including phenoxy) is 4. The molecule has 3 aromatic carbocycles. The van der Waals surface area contributed by atoms with Gasteiger partial charge in [-0.1, -0.05) is 91.0 Å². The molecule has 4 rings (SSSR count). The minimum atomic E-state index is -1.29. The Labute approximate surface area is 200 Å². The van der Waals surface area contributed by atoms with Crippen LogP contribution in [0, 0.1) is 0 Å². The Morgan fingerprint density at radius 2 is 1.12 bits per heavy atom. The van der Waals surface area contributed by atoms with Gasteiger partial charge in [0.2, 0.25) is 0 Å². The van der Waals surface area contributed by atoms with Gasteiger partial charge < -0.3 is 29.2 Å². The Bertz CT molecular complexity index is 962. The topological polar surface area (TPSA) is 77.4 Å². The van der Waals surface area contributed by atoms with Crippen molar-refractivity contribution in [1.29, 1.82) is 0 Å². The van der Waals surface area contributed by atoms with Crippen LogP contribution in [0.3, 0.4) is 0 Å². The first-order valence-corrected chi connectivity index (χ1v) is 11.6. The lowest BCUT2D eigenvalue weighted by atomic mass is 9.95. The summed E-state index contributed by atoms with van der Waals surface area (Å²) in [7, 11) is 0. The number of aliphatic hydroxyl groups is 2. The number of aliphatic hydroxyl groups excluding tert-OH is 2. The van der Waals surface area contributed by atoms with Crippen LogP contribution in [0.5, 0.6) is 0 Å². The highest BCUT2D eigenvalue weighted by Crippen LogP contribution is 2.36. The van der Waals surface area contributed by atoms with Gasteiger partial charge >= 0.3 is 0 Å². The van der Waals surface area contributed by atoms with Gasteiger partial charge in [-0.05, 0) is 16.7 Å². The summed E-state index contributed by atoms with van der Waals surface area (Å²) < 4.78 is 24.7. The van der Waals surface area contributed by atoms with Crippen molar-refractivity contribution in [1.82, 2.24) is 0 Å². The maximum atomic E-state index is 10.2. The van der Waals surface area contributed by atoms with Gasteiger partial charge in [0.1, 0.15) is 23.9 Å². The van der Waals surface area contributed by atoms with E-state index >= 15 is 0 Å². The SMILES string of the molecule is OCC1(CO)OC(COCc2ccccc2)[C@@H](OCc2ccccc2)[C@H]1OCc1ccccc1. The fourth-order valence-electron chi connectivity index (χ4n) is 4.20. The van der Waals surface area contributed by atoms with Crippen LogP contribution in [0.4, 0.5) is 0 Å². The Balaban J connectivity index is 1.50. The third kappa shape index (κ3) is 6.10. The molecule has 1 heterocycles. The van der Waals surface area contributed by atoms with Crippen LogP contribution < -0.4 is 0 Å². The highest BCUT2D eigenvalue weighted by Gasteiger charge is 2.56. The maximum Gasteiger partial charge on any atom is 0.143 e. The molecule has 3 aromatic rings. The lowest BCUT2D eigenvalue weighted by Crippen LogP contribution is -2.51. The second-order valence-electron chi connectivity index (χ2n) is 8.52. The average molecular weight is 465 g/mol. The third-order valence-corrected chi connectivity index (χ3v) is 6.06. The van der Waals surface area contributed by atoms with E-state index in [1.54, 1.807) is 0 Å². The van der Waals surface area contributed by atoms with Crippen LogP contribution in [-0.2, 0) is 38.8 Å². The highest BCUT2D eigenvalue weighted by molar-refractivity contribution is 5.16. The van der Waals surface area contributed by atoms with Crippen molar-refractivity contribution >= 4 is 0 Å². The molecule has 0 radical (unpaired) electrons. The molecule has 1 aliphatic heterocycles. The van der Waals surface area contributed by atoms with E-state index in [-0.39, 0.29) is 6.61 Å². The fraction of sp³-hybridized carbons (Fsp3) is 0.357. The number of hydrogen-bond donors (Lipinski definition) is 2. The molecule has 0 saturated carbocycles. The van der Waals surface area contributed by atoms with E-state index in [1.807, 2.05) is 91.0 Å².